The van der Waals surface area contributed by atoms with Gasteiger partial charge in [-0.15, -0.1) is 0 Å². The number of halogens is 1. The molecule has 3 rings (SSSR count). The molecule has 1 unspecified atom stereocenters. The molecule has 0 aliphatic heterocycles. The van der Waals surface area contributed by atoms with Crippen molar-refractivity contribution < 1.29 is 9.13 Å². The van der Waals surface area contributed by atoms with Crippen LogP contribution >= 0.6 is 0 Å². The van der Waals surface area contributed by atoms with E-state index in [1.165, 1.54) is 16.7 Å². The van der Waals surface area contributed by atoms with Gasteiger partial charge in [-0.2, -0.15) is 0 Å². The molecule has 0 aliphatic rings. The van der Waals surface area contributed by atoms with E-state index in [4.69, 9.17) is 4.74 Å². The van der Waals surface area contributed by atoms with Gasteiger partial charge < -0.3 is 4.74 Å². The van der Waals surface area contributed by atoms with Crippen LogP contribution in [-0.4, -0.2) is 9.55 Å². The molecule has 6 heteroatoms. The number of nitrogens with zero attached hydrogens (tertiary/aromatic N) is 1. The SMILES string of the molecule is Cc1c(C(C)c2cccc(F)c2)n(COCc2ccccc2)c(=O)[nH]c1=O. The molecule has 0 radical (unpaired) electrons. The maximum atomic E-state index is 13.6. The van der Waals surface area contributed by atoms with E-state index in [0.717, 1.165) is 5.56 Å². The van der Waals surface area contributed by atoms with Crippen molar-refractivity contribution in [3.63, 3.8) is 0 Å². The van der Waals surface area contributed by atoms with Crippen LogP contribution in [0.3, 0.4) is 0 Å². The van der Waals surface area contributed by atoms with Crippen LogP contribution in [0.2, 0.25) is 0 Å². The van der Waals surface area contributed by atoms with Crippen molar-refractivity contribution in [3.8, 4) is 0 Å². The molecule has 1 N–H and O–H groups in total. The molecule has 140 valence electrons. The monoisotopic (exact) mass is 368 g/mol. The number of nitrogens with one attached hydrogen (secondary N) is 1. The summed E-state index contributed by atoms with van der Waals surface area (Å²) in [5.74, 6) is -0.716. The van der Waals surface area contributed by atoms with Gasteiger partial charge in [0.25, 0.3) is 5.56 Å². The molecule has 0 spiro atoms. The van der Waals surface area contributed by atoms with Gasteiger partial charge in [0.05, 0.1) is 6.61 Å². The molecule has 0 aliphatic carbocycles. The Hall–Kier alpha value is -2.99. The summed E-state index contributed by atoms with van der Waals surface area (Å²) in [6, 6.07) is 15.7. The normalized spacial score (nSPS) is 12.1. The van der Waals surface area contributed by atoms with Crippen molar-refractivity contribution in [3.05, 3.63) is 104 Å². The Morgan fingerprint density at radius 1 is 1.11 bits per heavy atom. The van der Waals surface area contributed by atoms with Crippen LogP contribution in [0.25, 0.3) is 0 Å². The second-order valence-corrected chi connectivity index (χ2v) is 6.44. The molecule has 3 aromatic rings. The van der Waals surface area contributed by atoms with Crippen LogP contribution in [-0.2, 0) is 18.1 Å². The minimum Gasteiger partial charge on any atom is -0.356 e. The minimum absolute atomic E-state index is 0.0136. The minimum atomic E-state index is -0.545. The van der Waals surface area contributed by atoms with Crippen molar-refractivity contribution >= 4 is 0 Å². The third-order valence-electron chi connectivity index (χ3n) is 4.57. The first kappa shape index (κ1) is 18.8. The summed E-state index contributed by atoms with van der Waals surface area (Å²) in [6.45, 7) is 3.81. The van der Waals surface area contributed by atoms with E-state index in [1.807, 2.05) is 37.3 Å². The molecule has 5 nitrogen and oxygen atoms in total. The van der Waals surface area contributed by atoms with Gasteiger partial charge in [0.15, 0.2) is 0 Å². The highest BCUT2D eigenvalue weighted by atomic mass is 19.1. The summed E-state index contributed by atoms with van der Waals surface area (Å²) in [7, 11) is 0. The molecule has 0 bridgehead atoms. The topological polar surface area (TPSA) is 64.1 Å². The summed E-state index contributed by atoms with van der Waals surface area (Å²) in [4.78, 5) is 26.9. The van der Waals surface area contributed by atoms with Gasteiger partial charge in [-0.1, -0.05) is 49.4 Å². The highest BCUT2D eigenvalue weighted by Gasteiger charge is 2.19. The lowest BCUT2D eigenvalue weighted by atomic mass is 9.94. The average molecular weight is 368 g/mol. The van der Waals surface area contributed by atoms with Gasteiger partial charge in [0.2, 0.25) is 0 Å². The van der Waals surface area contributed by atoms with Gasteiger partial charge in [-0.3, -0.25) is 14.3 Å². The van der Waals surface area contributed by atoms with Gasteiger partial charge in [-0.25, -0.2) is 9.18 Å². The summed E-state index contributed by atoms with van der Waals surface area (Å²) in [5.41, 5.74) is 1.60. The Bertz CT molecular complexity index is 1040. The number of rotatable bonds is 6. The number of aromatic nitrogens is 2. The number of aromatic amines is 1. The van der Waals surface area contributed by atoms with Crippen molar-refractivity contribution in [2.45, 2.75) is 33.1 Å². The molecule has 0 amide bonds. The fourth-order valence-corrected chi connectivity index (χ4v) is 3.14. The quantitative estimate of drug-likeness (QED) is 0.726. The largest absolute Gasteiger partial charge is 0.356 e. The molecule has 27 heavy (non-hydrogen) atoms. The second-order valence-electron chi connectivity index (χ2n) is 6.44. The molecule has 1 aromatic heterocycles. The summed E-state index contributed by atoms with van der Waals surface area (Å²) >= 11 is 0. The summed E-state index contributed by atoms with van der Waals surface area (Å²) in [6.07, 6.45) is 0. The number of ether oxygens (including phenoxy) is 1. The van der Waals surface area contributed by atoms with Crippen molar-refractivity contribution in [2.24, 2.45) is 0 Å². The maximum Gasteiger partial charge on any atom is 0.330 e. The Morgan fingerprint density at radius 3 is 2.56 bits per heavy atom. The van der Waals surface area contributed by atoms with Crippen LogP contribution in [0.1, 0.15) is 35.2 Å². The van der Waals surface area contributed by atoms with Crippen molar-refractivity contribution in [1.29, 1.82) is 0 Å². The fraction of sp³-hybridized carbons (Fsp3) is 0.238. The third-order valence-corrected chi connectivity index (χ3v) is 4.57. The molecule has 0 saturated carbocycles. The number of hydrogen-bond acceptors (Lipinski definition) is 3. The van der Waals surface area contributed by atoms with Gasteiger partial charge in [-0.05, 0) is 30.2 Å². The molecule has 0 fully saturated rings. The van der Waals surface area contributed by atoms with Crippen LogP contribution in [0.5, 0.6) is 0 Å². The van der Waals surface area contributed by atoms with E-state index in [9.17, 15) is 14.0 Å². The Labute approximate surface area is 156 Å². The molecule has 1 atom stereocenters. The lowest BCUT2D eigenvalue weighted by molar-refractivity contribution is 0.0584. The zero-order chi connectivity index (χ0) is 19.4. The van der Waals surface area contributed by atoms with Gasteiger partial charge in [0.1, 0.15) is 12.5 Å². The Morgan fingerprint density at radius 2 is 1.85 bits per heavy atom. The van der Waals surface area contributed by atoms with Crippen molar-refractivity contribution in [1.82, 2.24) is 9.55 Å². The van der Waals surface area contributed by atoms with E-state index < -0.39 is 11.2 Å². The molecule has 2 aromatic carbocycles. The predicted molar refractivity (Wildman–Crippen MR) is 101 cm³/mol. The second kappa shape index (κ2) is 8.14. The van der Waals surface area contributed by atoms with E-state index in [2.05, 4.69) is 4.98 Å². The van der Waals surface area contributed by atoms with E-state index >= 15 is 0 Å². The van der Waals surface area contributed by atoms with Gasteiger partial charge in [0, 0.05) is 17.2 Å². The highest BCUT2D eigenvalue weighted by molar-refractivity contribution is 5.32. The summed E-state index contributed by atoms with van der Waals surface area (Å²) in [5, 5.41) is 0. The smallest absolute Gasteiger partial charge is 0.330 e. The maximum absolute atomic E-state index is 13.6. The number of benzene rings is 2. The standard InChI is InChI=1S/C21H21FN2O3/c1-14(17-9-6-10-18(22)11-17)19-15(2)20(25)23-21(26)24(19)13-27-12-16-7-4-3-5-8-16/h3-11,14H,12-13H2,1-2H3,(H,23,25,26). The highest BCUT2D eigenvalue weighted by Crippen LogP contribution is 2.25. The summed E-state index contributed by atoms with van der Waals surface area (Å²) < 4.78 is 20.7. The molecular weight excluding hydrogens is 347 g/mol. The average Bonchev–Trinajstić information content (AvgIpc) is 2.66. The van der Waals surface area contributed by atoms with E-state index in [-0.39, 0.29) is 18.5 Å². The first-order valence-electron chi connectivity index (χ1n) is 8.68. The molecular formula is C21H21FN2O3. The number of hydrogen-bond donors (Lipinski definition) is 1. The first-order chi connectivity index (χ1) is 13.0. The lowest BCUT2D eigenvalue weighted by Gasteiger charge is -2.20. The van der Waals surface area contributed by atoms with Crippen LogP contribution in [0, 0.1) is 12.7 Å². The zero-order valence-electron chi connectivity index (χ0n) is 15.2. The van der Waals surface area contributed by atoms with Crippen LogP contribution in [0.4, 0.5) is 4.39 Å². The third kappa shape index (κ3) is 4.23. The van der Waals surface area contributed by atoms with Crippen LogP contribution < -0.4 is 11.2 Å². The number of H-pyrrole nitrogens is 1. The van der Waals surface area contributed by atoms with E-state index in [1.54, 1.807) is 19.1 Å². The van der Waals surface area contributed by atoms with Crippen LogP contribution in [0.15, 0.2) is 64.2 Å². The van der Waals surface area contributed by atoms with E-state index in [0.29, 0.717) is 23.4 Å². The van der Waals surface area contributed by atoms with Crippen molar-refractivity contribution in [2.75, 3.05) is 0 Å². The fourth-order valence-electron chi connectivity index (χ4n) is 3.14. The lowest BCUT2D eigenvalue weighted by Crippen LogP contribution is -2.36. The Balaban J connectivity index is 1.94. The molecule has 1 heterocycles. The van der Waals surface area contributed by atoms with Gasteiger partial charge >= 0.3 is 5.69 Å². The molecule has 0 saturated heterocycles. The zero-order valence-corrected chi connectivity index (χ0v) is 15.2. The first-order valence-corrected chi connectivity index (χ1v) is 8.68. The predicted octanol–water partition coefficient (Wildman–Crippen LogP) is 3.31. The Kier molecular flexibility index (Phi) is 5.66.